The molecule has 0 unspecified atom stereocenters. The Morgan fingerprint density at radius 3 is 2.34 bits per heavy atom. The lowest BCUT2D eigenvalue weighted by Crippen LogP contribution is -2.38. The topological polar surface area (TPSA) is 67.8 Å². The second kappa shape index (κ2) is 9.81. The van der Waals surface area contributed by atoms with E-state index in [4.69, 9.17) is 14.5 Å². The van der Waals surface area contributed by atoms with Crippen LogP contribution in [0.4, 0.5) is 5.13 Å². The van der Waals surface area contributed by atoms with Gasteiger partial charge in [0, 0.05) is 13.1 Å². The van der Waals surface area contributed by atoms with Gasteiger partial charge in [-0.3, -0.25) is 9.69 Å². The molecule has 0 fully saturated rings. The van der Waals surface area contributed by atoms with E-state index in [2.05, 4.69) is 23.7 Å². The standard InChI is InChI=1S/C23H26N4O3S2/c1-5-26(6-2)13-14-27(22(28)21-24-15-9-7-8-10-18(15)31-21)23-25-19-16(29-3)11-12-17(30-4)20(19)32-23/h7-12H,5-6,13-14H2,1-4H3. The molecule has 0 saturated heterocycles. The van der Waals surface area contributed by atoms with Gasteiger partial charge in [-0.05, 0) is 37.4 Å². The molecule has 32 heavy (non-hydrogen) atoms. The van der Waals surface area contributed by atoms with Crippen LogP contribution in [0.2, 0.25) is 0 Å². The number of fused-ring (bicyclic) bond motifs is 2. The van der Waals surface area contributed by atoms with Crippen LogP contribution in [0.3, 0.4) is 0 Å². The third kappa shape index (κ3) is 4.28. The fourth-order valence-corrected chi connectivity index (χ4v) is 5.55. The number of anilines is 1. The number of methoxy groups -OCH3 is 2. The molecule has 1 amide bonds. The van der Waals surface area contributed by atoms with Crippen molar-refractivity contribution in [2.45, 2.75) is 13.8 Å². The Bertz CT molecular complexity index is 1160. The molecule has 4 rings (SSSR count). The van der Waals surface area contributed by atoms with Crippen molar-refractivity contribution in [1.82, 2.24) is 14.9 Å². The normalized spacial score (nSPS) is 11.4. The molecule has 2 heterocycles. The number of thiazole rings is 2. The monoisotopic (exact) mass is 470 g/mol. The minimum atomic E-state index is -0.143. The summed E-state index contributed by atoms with van der Waals surface area (Å²) >= 11 is 2.84. The average molecular weight is 471 g/mol. The van der Waals surface area contributed by atoms with Crippen LogP contribution in [0.15, 0.2) is 36.4 Å². The Kier molecular flexibility index (Phi) is 6.88. The molecule has 0 bridgehead atoms. The van der Waals surface area contributed by atoms with E-state index in [0.29, 0.717) is 33.7 Å². The van der Waals surface area contributed by atoms with Crippen LogP contribution in [-0.4, -0.2) is 61.2 Å². The Morgan fingerprint density at radius 1 is 0.938 bits per heavy atom. The zero-order valence-electron chi connectivity index (χ0n) is 18.6. The number of para-hydroxylation sites is 1. The summed E-state index contributed by atoms with van der Waals surface area (Å²) in [5, 5.41) is 1.07. The Morgan fingerprint density at radius 2 is 1.66 bits per heavy atom. The number of likely N-dealkylation sites (N-methyl/N-ethyl adjacent to an activating group) is 1. The molecule has 7 nitrogen and oxygen atoms in total. The number of ether oxygens (including phenoxy) is 2. The smallest absolute Gasteiger partial charge is 0.289 e. The second-order valence-electron chi connectivity index (χ2n) is 7.11. The summed E-state index contributed by atoms with van der Waals surface area (Å²) < 4.78 is 12.9. The van der Waals surface area contributed by atoms with Gasteiger partial charge in [0.05, 0.1) is 24.4 Å². The fraction of sp³-hybridized carbons (Fsp3) is 0.348. The van der Waals surface area contributed by atoms with Crippen LogP contribution in [0.25, 0.3) is 20.4 Å². The van der Waals surface area contributed by atoms with E-state index in [-0.39, 0.29) is 5.91 Å². The summed E-state index contributed by atoms with van der Waals surface area (Å²) in [6, 6.07) is 11.5. The molecule has 0 spiro atoms. The highest BCUT2D eigenvalue weighted by Crippen LogP contribution is 2.40. The summed E-state index contributed by atoms with van der Waals surface area (Å²) in [5.74, 6) is 1.22. The first-order valence-corrected chi connectivity index (χ1v) is 12.1. The van der Waals surface area contributed by atoms with Gasteiger partial charge in [0.1, 0.15) is 21.7 Å². The van der Waals surface area contributed by atoms with Crippen LogP contribution < -0.4 is 14.4 Å². The highest BCUT2D eigenvalue weighted by molar-refractivity contribution is 7.23. The van der Waals surface area contributed by atoms with E-state index >= 15 is 0 Å². The van der Waals surface area contributed by atoms with Crippen molar-refractivity contribution in [3.05, 3.63) is 41.4 Å². The maximum Gasteiger partial charge on any atom is 0.289 e. The van der Waals surface area contributed by atoms with Gasteiger partial charge in [-0.2, -0.15) is 0 Å². The van der Waals surface area contributed by atoms with Crippen LogP contribution in [-0.2, 0) is 0 Å². The molecule has 0 aliphatic carbocycles. The molecule has 0 atom stereocenters. The largest absolute Gasteiger partial charge is 0.495 e. The number of aromatic nitrogens is 2. The zero-order chi connectivity index (χ0) is 22.7. The van der Waals surface area contributed by atoms with Crippen LogP contribution in [0, 0.1) is 0 Å². The predicted octanol–water partition coefficient (Wildman–Crippen LogP) is 4.91. The quantitative estimate of drug-likeness (QED) is 0.346. The van der Waals surface area contributed by atoms with E-state index < -0.39 is 0 Å². The number of hydrogen-bond acceptors (Lipinski definition) is 8. The van der Waals surface area contributed by atoms with Crippen LogP contribution in [0.5, 0.6) is 11.5 Å². The first kappa shape index (κ1) is 22.4. The van der Waals surface area contributed by atoms with E-state index in [1.807, 2.05) is 36.4 Å². The molecular formula is C23H26N4O3S2. The van der Waals surface area contributed by atoms with Gasteiger partial charge in [-0.15, -0.1) is 11.3 Å². The number of carbonyl (C=O) groups excluding carboxylic acids is 1. The third-order valence-electron chi connectivity index (χ3n) is 5.39. The molecule has 0 radical (unpaired) electrons. The van der Waals surface area contributed by atoms with Gasteiger partial charge >= 0.3 is 0 Å². The van der Waals surface area contributed by atoms with Crippen molar-refractivity contribution >= 4 is 54.1 Å². The Labute approximate surface area is 195 Å². The molecular weight excluding hydrogens is 444 g/mol. The Hall–Kier alpha value is -2.75. The van der Waals surface area contributed by atoms with Crippen molar-refractivity contribution in [1.29, 1.82) is 0 Å². The van der Waals surface area contributed by atoms with Crippen molar-refractivity contribution in [2.75, 3.05) is 45.3 Å². The molecule has 0 aliphatic rings. The van der Waals surface area contributed by atoms with Crippen LogP contribution >= 0.6 is 22.7 Å². The van der Waals surface area contributed by atoms with E-state index in [0.717, 1.165) is 34.6 Å². The van der Waals surface area contributed by atoms with Gasteiger partial charge < -0.3 is 14.4 Å². The van der Waals surface area contributed by atoms with E-state index in [9.17, 15) is 4.79 Å². The summed E-state index contributed by atoms with van der Waals surface area (Å²) in [5.41, 5.74) is 1.52. The van der Waals surface area contributed by atoms with E-state index in [1.54, 1.807) is 19.1 Å². The summed E-state index contributed by atoms with van der Waals surface area (Å²) in [7, 11) is 3.25. The van der Waals surface area contributed by atoms with Gasteiger partial charge in [0.15, 0.2) is 10.1 Å². The average Bonchev–Trinajstić information content (AvgIpc) is 3.45. The molecule has 0 aliphatic heterocycles. The number of nitrogens with zero attached hydrogens (tertiary/aromatic N) is 4. The molecule has 9 heteroatoms. The first-order chi connectivity index (χ1) is 15.6. The maximum absolute atomic E-state index is 13.6. The van der Waals surface area contributed by atoms with Crippen molar-refractivity contribution in [2.24, 2.45) is 0 Å². The van der Waals surface area contributed by atoms with Gasteiger partial charge in [-0.25, -0.2) is 9.97 Å². The summed E-state index contributed by atoms with van der Waals surface area (Å²) in [6.45, 7) is 7.34. The predicted molar refractivity (Wildman–Crippen MR) is 132 cm³/mol. The minimum absolute atomic E-state index is 0.143. The fourth-order valence-electron chi connectivity index (χ4n) is 3.53. The number of carbonyl (C=O) groups is 1. The summed E-state index contributed by atoms with van der Waals surface area (Å²) in [6.07, 6.45) is 0. The van der Waals surface area contributed by atoms with Crippen molar-refractivity contribution in [3.63, 3.8) is 0 Å². The van der Waals surface area contributed by atoms with Crippen molar-refractivity contribution < 1.29 is 14.3 Å². The number of benzene rings is 2. The second-order valence-corrected chi connectivity index (χ2v) is 9.12. The van der Waals surface area contributed by atoms with Gasteiger partial charge in [0.2, 0.25) is 0 Å². The summed E-state index contributed by atoms with van der Waals surface area (Å²) in [4.78, 5) is 27.1. The molecule has 0 saturated carbocycles. The first-order valence-electron chi connectivity index (χ1n) is 10.5. The lowest BCUT2D eigenvalue weighted by Gasteiger charge is -2.24. The number of rotatable bonds is 9. The van der Waals surface area contributed by atoms with Gasteiger partial charge in [0.25, 0.3) is 5.91 Å². The third-order valence-corrected chi connectivity index (χ3v) is 7.50. The van der Waals surface area contributed by atoms with Crippen LogP contribution in [0.1, 0.15) is 23.6 Å². The lowest BCUT2D eigenvalue weighted by atomic mass is 10.3. The molecule has 168 valence electrons. The number of hydrogen-bond donors (Lipinski definition) is 0. The lowest BCUT2D eigenvalue weighted by molar-refractivity contribution is 0.0983. The molecule has 4 aromatic rings. The van der Waals surface area contributed by atoms with Crippen molar-refractivity contribution in [3.8, 4) is 11.5 Å². The molecule has 2 aromatic carbocycles. The maximum atomic E-state index is 13.6. The molecule has 2 aromatic heterocycles. The zero-order valence-corrected chi connectivity index (χ0v) is 20.3. The highest BCUT2D eigenvalue weighted by Gasteiger charge is 2.26. The SMILES string of the molecule is CCN(CC)CCN(C(=O)c1nc2ccccc2s1)c1nc2c(OC)ccc(OC)c2s1. The Balaban J connectivity index is 1.77. The highest BCUT2D eigenvalue weighted by atomic mass is 32.1. The minimum Gasteiger partial charge on any atom is -0.495 e. The number of amides is 1. The van der Waals surface area contributed by atoms with Gasteiger partial charge in [-0.1, -0.05) is 37.3 Å². The molecule has 0 N–H and O–H groups in total. The van der Waals surface area contributed by atoms with E-state index in [1.165, 1.54) is 22.7 Å².